The van der Waals surface area contributed by atoms with Gasteiger partial charge in [0, 0.05) is 18.8 Å². The van der Waals surface area contributed by atoms with Crippen LogP contribution in [0.15, 0.2) is 18.6 Å². The van der Waals surface area contributed by atoms with Crippen LogP contribution in [0, 0.1) is 0 Å². The van der Waals surface area contributed by atoms with Crippen LogP contribution in [-0.4, -0.2) is 26.2 Å². The van der Waals surface area contributed by atoms with Gasteiger partial charge in [-0.1, -0.05) is 0 Å². The maximum absolute atomic E-state index is 9.73. The molecule has 2 aromatic rings. The molecule has 0 bridgehead atoms. The molecule has 0 radical (unpaired) electrons. The average molecular weight is 206 g/mol. The Bertz CT molecular complexity index is 465. The zero-order valence-electron chi connectivity index (χ0n) is 8.59. The summed E-state index contributed by atoms with van der Waals surface area (Å²) in [6.07, 6.45) is 3.37. The number of rotatable bonds is 3. The van der Waals surface area contributed by atoms with E-state index < -0.39 is 6.10 Å². The minimum absolute atomic E-state index is 0.460. The molecule has 5 heteroatoms. The second-order valence-corrected chi connectivity index (χ2v) is 3.56. The van der Waals surface area contributed by atoms with Crippen LogP contribution in [0.2, 0.25) is 0 Å². The number of fused-ring (bicyclic) bond motifs is 1. The first-order chi connectivity index (χ1) is 7.22. The molecule has 0 spiro atoms. The average Bonchev–Trinajstić information content (AvgIpc) is 2.60. The molecule has 0 saturated heterocycles. The highest BCUT2D eigenvalue weighted by Gasteiger charge is 2.09. The number of nitrogens with two attached hydrogens (primary N) is 1. The number of aryl methyl sites for hydroxylation is 1. The molecule has 0 amide bonds. The Morgan fingerprint density at radius 2 is 2.33 bits per heavy atom. The van der Waals surface area contributed by atoms with Gasteiger partial charge in [0.1, 0.15) is 5.52 Å². The molecule has 0 aliphatic rings. The van der Waals surface area contributed by atoms with Gasteiger partial charge in [-0.3, -0.25) is 0 Å². The normalized spacial score (nSPS) is 13.3. The molecule has 1 atom stereocenters. The number of nitrogens with zero attached hydrogens (tertiary/aromatic N) is 3. The van der Waals surface area contributed by atoms with Crippen molar-refractivity contribution in [1.29, 1.82) is 0 Å². The molecular weight excluding hydrogens is 192 g/mol. The van der Waals surface area contributed by atoms with E-state index in [1.807, 2.05) is 17.7 Å². The lowest BCUT2D eigenvalue weighted by molar-refractivity contribution is 0.170. The lowest BCUT2D eigenvalue weighted by Crippen LogP contribution is -2.07. The standard InChI is InChI=1S/C10H14N4O/c1-14-6-13-8-4-7(5-12-10(8)14)9(15)2-3-11/h4-6,9,15H,2-3,11H2,1H3. The maximum atomic E-state index is 9.73. The zero-order valence-corrected chi connectivity index (χ0v) is 8.59. The summed E-state index contributed by atoms with van der Waals surface area (Å²) in [5.41, 5.74) is 7.77. The Morgan fingerprint density at radius 3 is 3.07 bits per heavy atom. The second kappa shape index (κ2) is 3.96. The molecule has 2 heterocycles. The molecule has 0 aliphatic carbocycles. The third-order valence-electron chi connectivity index (χ3n) is 2.40. The third-order valence-corrected chi connectivity index (χ3v) is 2.40. The van der Waals surface area contributed by atoms with Gasteiger partial charge in [-0.15, -0.1) is 0 Å². The van der Waals surface area contributed by atoms with Crippen molar-refractivity contribution in [2.75, 3.05) is 6.54 Å². The highest BCUT2D eigenvalue weighted by atomic mass is 16.3. The highest BCUT2D eigenvalue weighted by molar-refractivity contribution is 5.71. The maximum Gasteiger partial charge on any atom is 0.159 e. The monoisotopic (exact) mass is 206 g/mol. The Kier molecular flexibility index (Phi) is 2.66. The predicted octanol–water partition coefficient (Wildman–Crippen LogP) is 0.350. The van der Waals surface area contributed by atoms with E-state index >= 15 is 0 Å². The lowest BCUT2D eigenvalue weighted by Gasteiger charge is -2.08. The van der Waals surface area contributed by atoms with Crippen LogP contribution < -0.4 is 5.73 Å². The molecular formula is C10H14N4O. The van der Waals surface area contributed by atoms with Gasteiger partial charge in [0.05, 0.1) is 12.4 Å². The molecule has 5 nitrogen and oxygen atoms in total. The van der Waals surface area contributed by atoms with Crippen LogP contribution in [0.4, 0.5) is 0 Å². The van der Waals surface area contributed by atoms with E-state index in [0.717, 1.165) is 16.7 Å². The van der Waals surface area contributed by atoms with Gasteiger partial charge in [-0.25, -0.2) is 9.97 Å². The van der Waals surface area contributed by atoms with Crippen molar-refractivity contribution in [2.24, 2.45) is 12.8 Å². The summed E-state index contributed by atoms with van der Waals surface area (Å²) in [6, 6.07) is 1.85. The highest BCUT2D eigenvalue weighted by Crippen LogP contribution is 2.18. The van der Waals surface area contributed by atoms with Gasteiger partial charge in [0.25, 0.3) is 0 Å². The lowest BCUT2D eigenvalue weighted by atomic mass is 10.1. The quantitative estimate of drug-likeness (QED) is 0.759. The van der Waals surface area contributed by atoms with E-state index in [1.165, 1.54) is 0 Å². The van der Waals surface area contributed by atoms with Crippen molar-refractivity contribution in [3.8, 4) is 0 Å². The molecule has 2 rings (SSSR count). The van der Waals surface area contributed by atoms with Gasteiger partial charge in [0.2, 0.25) is 0 Å². The fraction of sp³-hybridized carbons (Fsp3) is 0.400. The molecule has 0 aromatic carbocycles. The van der Waals surface area contributed by atoms with E-state index in [-0.39, 0.29) is 0 Å². The molecule has 0 aliphatic heterocycles. The molecule has 2 aromatic heterocycles. The fourth-order valence-corrected chi connectivity index (χ4v) is 1.54. The van der Waals surface area contributed by atoms with Crippen molar-refractivity contribution in [3.63, 3.8) is 0 Å². The Morgan fingerprint density at radius 1 is 1.53 bits per heavy atom. The number of aliphatic hydroxyl groups excluding tert-OH is 1. The van der Waals surface area contributed by atoms with Crippen LogP contribution in [0.5, 0.6) is 0 Å². The van der Waals surface area contributed by atoms with Gasteiger partial charge >= 0.3 is 0 Å². The van der Waals surface area contributed by atoms with E-state index in [1.54, 1.807) is 12.5 Å². The van der Waals surface area contributed by atoms with Crippen LogP contribution in [-0.2, 0) is 7.05 Å². The van der Waals surface area contributed by atoms with Crippen molar-refractivity contribution >= 4 is 11.2 Å². The minimum Gasteiger partial charge on any atom is -0.388 e. The summed E-state index contributed by atoms with van der Waals surface area (Å²) < 4.78 is 1.84. The summed E-state index contributed by atoms with van der Waals surface area (Å²) in [4.78, 5) is 8.42. The number of aromatic nitrogens is 3. The number of hydrogen-bond acceptors (Lipinski definition) is 4. The van der Waals surface area contributed by atoms with Gasteiger partial charge in [0.15, 0.2) is 5.65 Å². The second-order valence-electron chi connectivity index (χ2n) is 3.56. The van der Waals surface area contributed by atoms with E-state index in [4.69, 9.17) is 5.73 Å². The Labute approximate surface area is 87.6 Å². The van der Waals surface area contributed by atoms with E-state index in [2.05, 4.69) is 9.97 Å². The van der Waals surface area contributed by atoms with Crippen LogP contribution in [0.1, 0.15) is 18.1 Å². The van der Waals surface area contributed by atoms with Crippen LogP contribution in [0.25, 0.3) is 11.2 Å². The van der Waals surface area contributed by atoms with Crippen molar-refractivity contribution in [1.82, 2.24) is 14.5 Å². The molecule has 15 heavy (non-hydrogen) atoms. The van der Waals surface area contributed by atoms with E-state index in [9.17, 15) is 5.11 Å². The summed E-state index contributed by atoms with van der Waals surface area (Å²) >= 11 is 0. The molecule has 0 fully saturated rings. The first kappa shape index (κ1) is 10.1. The topological polar surface area (TPSA) is 77.0 Å². The summed E-state index contributed by atoms with van der Waals surface area (Å²) in [5.74, 6) is 0. The fourth-order valence-electron chi connectivity index (χ4n) is 1.54. The smallest absolute Gasteiger partial charge is 0.159 e. The Balaban J connectivity index is 2.38. The molecule has 0 saturated carbocycles. The van der Waals surface area contributed by atoms with Gasteiger partial charge in [-0.05, 0) is 19.0 Å². The third kappa shape index (κ3) is 1.84. The molecule has 3 N–H and O–H groups in total. The van der Waals surface area contributed by atoms with Crippen LogP contribution >= 0.6 is 0 Å². The number of hydrogen-bond donors (Lipinski definition) is 2. The van der Waals surface area contributed by atoms with Gasteiger partial charge in [-0.2, -0.15) is 0 Å². The van der Waals surface area contributed by atoms with E-state index in [0.29, 0.717) is 13.0 Å². The van der Waals surface area contributed by atoms with Gasteiger partial charge < -0.3 is 15.4 Å². The van der Waals surface area contributed by atoms with Crippen molar-refractivity contribution < 1.29 is 5.11 Å². The summed E-state index contributed by atoms with van der Waals surface area (Å²) in [7, 11) is 1.89. The van der Waals surface area contributed by atoms with Crippen molar-refractivity contribution in [3.05, 3.63) is 24.2 Å². The predicted molar refractivity (Wildman–Crippen MR) is 57.1 cm³/mol. The minimum atomic E-state index is -0.547. The van der Waals surface area contributed by atoms with Crippen molar-refractivity contribution in [2.45, 2.75) is 12.5 Å². The number of aliphatic hydroxyl groups is 1. The Hall–Kier alpha value is -1.46. The number of imidazole rings is 1. The first-order valence-corrected chi connectivity index (χ1v) is 4.87. The summed E-state index contributed by atoms with van der Waals surface area (Å²) in [6.45, 7) is 0.460. The largest absolute Gasteiger partial charge is 0.388 e. The zero-order chi connectivity index (χ0) is 10.8. The SMILES string of the molecule is Cn1cnc2cc(C(O)CCN)cnc21. The number of pyridine rings is 1. The molecule has 1 unspecified atom stereocenters. The summed E-state index contributed by atoms with van der Waals surface area (Å²) in [5, 5.41) is 9.73. The molecule has 80 valence electrons. The van der Waals surface area contributed by atoms with Crippen LogP contribution in [0.3, 0.4) is 0 Å². The first-order valence-electron chi connectivity index (χ1n) is 4.87.